The summed E-state index contributed by atoms with van der Waals surface area (Å²) in [6.07, 6.45) is 1.05. The van der Waals surface area contributed by atoms with Gasteiger partial charge in [-0.2, -0.15) is 9.36 Å². The highest BCUT2D eigenvalue weighted by Gasteiger charge is 2.08. The molecule has 0 aromatic carbocycles. The second kappa shape index (κ2) is 5.53. The van der Waals surface area contributed by atoms with E-state index in [2.05, 4.69) is 31.8 Å². The van der Waals surface area contributed by atoms with E-state index in [0.29, 0.717) is 17.4 Å². The zero-order chi connectivity index (χ0) is 12.1. The number of hydrogen-bond acceptors (Lipinski definition) is 7. The van der Waals surface area contributed by atoms with E-state index in [9.17, 15) is 0 Å². The largest absolute Gasteiger partial charge is 0.480 e. The van der Waals surface area contributed by atoms with E-state index in [4.69, 9.17) is 4.74 Å². The molecule has 90 valence electrons. The summed E-state index contributed by atoms with van der Waals surface area (Å²) in [5.74, 6) is 1.07. The lowest BCUT2D eigenvalue weighted by molar-refractivity contribution is 0.392. The minimum Gasteiger partial charge on any atom is -0.480 e. The minimum atomic E-state index is 0.480. The topological polar surface area (TPSA) is 72.8 Å². The molecule has 6 nitrogen and oxygen atoms in total. The van der Waals surface area contributed by atoms with Crippen LogP contribution in [0.5, 0.6) is 5.88 Å². The number of nitrogens with zero attached hydrogens (tertiary/aromatic N) is 4. The van der Waals surface area contributed by atoms with Gasteiger partial charge < -0.3 is 10.1 Å². The van der Waals surface area contributed by atoms with E-state index in [1.165, 1.54) is 11.5 Å². The maximum Gasteiger partial charge on any atom is 0.233 e. The van der Waals surface area contributed by atoms with Gasteiger partial charge in [-0.1, -0.05) is 6.92 Å². The number of anilines is 1. The van der Waals surface area contributed by atoms with Crippen LogP contribution in [0.1, 0.15) is 13.3 Å². The normalized spacial score (nSPS) is 10.2. The molecule has 0 aliphatic heterocycles. The quantitative estimate of drug-likeness (QED) is 0.874. The third-order valence-electron chi connectivity index (χ3n) is 2.03. The van der Waals surface area contributed by atoms with Gasteiger partial charge in [0, 0.05) is 24.1 Å². The second-order valence-electron chi connectivity index (χ2n) is 3.31. The van der Waals surface area contributed by atoms with Gasteiger partial charge in [0.25, 0.3) is 0 Å². The van der Waals surface area contributed by atoms with E-state index < -0.39 is 0 Å². The summed E-state index contributed by atoms with van der Waals surface area (Å²) < 4.78 is 9.16. The Morgan fingerprint density at radius 1 is 1.35 bits per heavy atom. The van der Waals surface area contributed by atoms with E-state index in [1.807, 2.05) is 0 Å². The minimum absolute atomic E-state index is 0.480. The first-order valence-corrected chi connectivity index (χ1v) is 6.06. The number of methoxy groups -OCH3 is 1. The molecule has 0 spiro atoms. The highest BCUT2D eigenvalue weighted by molar-refractivity contribution is 7.09. The van der Waals surface area contributed by atoms with Crippen LogP contribution in [0, 0.1) is 0 Å². The lowest BCUT2D eigenvalue weighted by atomic mass is 10.4. The van der Waals surface area contributed by atoms with E-state index >= 15 is 0 Å². The van der Waals surface area contributed by atoms with Gasteiger partial charge in [-0.15, -0.1) is 10.2 Å². The molecule has 0 aliphatic rings. The number of rotatable bonds is 5. The molecule has 0 amide bonds. The van der Waals surface area contributed by atoms with Gasteiger partial charge in [-0.3, -0.25) is 0 Å². The summed E-state index contributed by atoms with van der Waals surface area (Å²) in [6, 6.07) is 3.53. The second-order valence-corrected chi connectivity index (χ2v) is 4.06. The van der Waals surface area contributed by atoms with Gasteiger partial charge >= 0.3 is 0 Å². The summed E-state index contributed by atoms with van der Waals surface area (Å²) in [5.41, 5.74) is 0.645. The van der Waals surface area contributed by atoms with Crippen molar-refractivity contribution in [3.05, 3.63) is 12.1 Å². The highest BCUT2D eigenvalue weighted by atomic mass is 32.1. The highest BCUT2D eigenvalue weighted by Crippen LogP contribution is 2.19. The van der Waals surface area contributed by atoms with Crippen LogP contribution < -0.4 is 10.1 Å². The molecule has 0 fully saturated rings. The monoisotopic (exact) mass is 251 g/mol. The van der Waals surface area contributed by atoms with E-state index in [0.717, 1.165) is 18.1 Å². The van der Waals surface area contributed by atoms with Gasteiger partial charge in [0.05, 0.1) is 7.11 Å². The molecular weight excluding hydrogens is 238 g/mol. The summed E-state index contributed by atoms with van der Waals surface area (Å²) in [4.78, 5) is 4.33. The smallest absolute Gasteiger partial charge is 0.233 e. The van der Waals surface area contributed by atoms with Crippen LogP contribution in [-0.4, -0.2) is 33.2 Å². The maximum atomic E-state index is 4.94. The molecule has 0 saturated heterocycles. The summed E-state index contributed by atoms with van der Waals surface area (Å²) in [6.45, 7) is 2.99. The predicted octanol–water partition coefficient (Wildman–Crippen LogP) is 1.83. The van der Waals surface area contributed by atoms with Crippen LogP contribution in [0.25, 0.3) is 11.5 Å². The predicted molar refractivity (Wildman–Crippen MR) is 66.3 cm³/mol. The molecule has 1 N–H and O–H groups in total. The Labute approximate surface area is 103 Å². The first kappa shape index (κ1) is 11.7. The zero-order valence-corrected chi connectivity index (χ0v) is 10.5. The third-order valence-corrected chi connectivity index (χ3v) is 2.70. The zero-order valence-electron chi connectivity index (χ0n) is 9.67. The number of nitrogens with one attached hydrogen (secondary N) is 1. The molecule has 0 atom stereocenters. The van der Waals surface area contributed by atoms with Crippen molar-refractivity contribution in [2.45, 2.75) is 13.3 Å². The van der Waals surface area contributed by atoms with Gasteiger partial charge in [0.1, 0.15) is 5.69 Å². The number of hydrogen-bond donors (Lipinski definition) is 1. The third kappa shape index (κ3) is 2.88. The van der Waals surface area contributed by atoms with Crippen molar-refractivity contribution in [1.29, 1.82) is 0 Å². The van der Waals surface area contributed by atoms with Crippen LogP contribution in [0.3, 0.4) is 0 Å². The molecule has 7 heteroatoms. The average molecular weight is 251 g/mol. The SMILES string of the molecule is CCCNc1nc(-c2ccc(OC)nn2)ns1. The van der Waals surface area contributed by atoms with Crippen molar-refractivity contribution < 1.29 is 4.74 Å². The molecule has 0 unspecified atom stereocenters. The number of ether oxygens (including phenoxy) is 1. The Morgan fingerprint density at radius 3 is 2.88 bits per heavy atom. The first-order chi connectivity index (χ1) is 8.33. The van der Waals surface area contributed by atoms with Crippen LogP contribution in [0.4, 0.5) is 5.13 Å². The average Bonchev–Trinajstić information content (AvgIpc) is 2.85. The fraction of sp³-hybridized carbons (Fsp3) is 0.400. The fourth-order valence-electron chi connectivity index (χ4n) is 1.18. The molecule has 17 heavy (non-hydrogen) atoms. The Hall–Kier alpha value is -1.76. The van der Waals surface area contributed by atoms with Gasteiger partial charge in [-0.05, 0) is 12.5 Å². The fourth-order valence-corrected chi connectivity index (χ4v) is 1.78. The lowest BCUT2D eigenvalue weighted by Crippen LogP contribution is -1.98. The first-order valence-electron chi connectivity index (χ1n) is 5.29. The lowest BCUT2D eigenvalue weighted by Gasteiger charge is -1.97. The molecular formula is C10H13N5OS. The van der Waals surface area contributed by atoms with Gasteiger partial charge in [0.15, 0.2) is 5.82 Å². The maximum absolute atomic E-state index is 4.94. The molecule has 2 heterocycles. The van der Waals surface area contributed by atoms with Gasteiger partial charge in [-0.25, -0.2) is 0 Å². The Morgan fingerprint density at radius 2 is 2.24 bits per heavy atom. The standard InChI is InChI=1S/C10H13N5OS/c1-3-6-11-10-12-9(15-17-10)7-4-5-8(16-2)14-13-7/h4-5H,3,6H2,1-2H3,(H,11,12,15). The molecule has 0 aliphatic carbocycles. The summed E-state index contributed by atoms with van der Waals surface area (Å²) >= 11 is 1.32. The molecule has 0 bridgehead atoms. The molecule has 0 radical (unpaired) electrons. The molecule has 2 rings (SSSR count). The van der Waals surface area contributed by atoms with Crippen molar-refractivity contribution in [3.8, 4) is 17.4 Å². The van der Waals surface area contributed by atoms with Crippen LogP contribution in [0.2, 0.25) is 0 Å². The van der Waals surface area contributed by atoms with E-state index in [1.54, 1.807) is 19.2 Å². The van der Waals surface area contributed by atoms with Crippen LogP contribution in [-0.2, 0) is 0 Å². The molecule has 0 saturated carbocycles. The van der Waals surface area contributed by atoms with Crippen LogP contribution >= 0.6 is 11.5 Å². The molecule has 2 aromatic heterocycles. The van der Waals surface area contributed by atoms with E-state index in [-0.39, 0.29) is 0 Å². The Bertz CT molecular complexity index is 470. The summed E-state index contributed by atoms with van der Waals surface area (Å²) in [5, 5.41) is 11.9. The van der Waals surface area contributed by atoms with Crippen molar-refractivity contribution in [1.82, 2.24) is 19.6 Å². The Kier molecular flexibility index (Phi) is 3.81. The number of aromatic nitrogens is 4. The van der Waals surface area contributed by atoms with Crippen molar-refractivity contribution in [2.75, 3.05) is 19.0 Å². The van der Waals surface area contributed by atoms with Crippen LogP contribution in [0.15, 0.2) is 12.1 Å². The summed E-state index contributed by atoms with van der Waals surface area (Å²) in [7, 11) is 1.55. The van der Waals surface area contributed by atoms with Crippen molar-refractivity contribution in [2.24, 2.45) is 0 Å². The van der Waals surface area contributed by atoms with Gasteiger partial charge in [0.2, 0.25) is 11.0 Å². The van der Waals surface area contributed by atoms with Crippen molar-refractivity contribution in [3.63, 3.8) is 0 Å². The van der Waals surface area contributed by atoms with Crippen molar-refractivity contribution >= 4 is 16.7 Å². The molecule has 2 aromatic rings. The Balaban J connectivity index is 2.12.